The van der Waals surface area contributed by atoms with Crippen molar-refractivity contribution in [3.05, 3.63) is 24.3 Å². The summed E-state index contributed by atoms with van der Waals surface area (Å²) in [6, 6.07) is 7.94. The van der Waals surface area contributed by atoms with E-state index in [0.717, 1.165) is 43.9 Å². The number of amides is 1. The second kappa shape index (κ2) is 9.64. The molecule has 0 aromatic heterocycles. The van der Waals surface area contributed by atoms with E-state index in [9.17, 15) is 4.79 Å². The van der Waals surface area contributed by atoms with Crippen LogP contribution in [0.25, 0.3) is 0 Å². The van der Waals surface area contributed by atoms with Crippen molar-refractivity contribution >= 4 is 24.0 Å². The third kappa shape index (κ3) is 6.36. The first kappa shape index (κ1) is 17.8. The summed E-state index contributed by atoms with van der Waals surface area (Å²) in [5, 5.41) is 6.27. The number of carbonyl (C=O) groups excluding carboxylic acids is 1. The molecule has 1 amide bonds. The van der Waals surface area contributed by atoms with E-state index in [2.05, 4.69) is 17.6 Å². The maximum Gasteiger partial charge on any atom is 0.225 e. The number of hydrogen-bond acceptors (Lipinski definition) is 3. The summed E-state index contributed by atoms with van der Waals surface area (Å²) in [6.45, 7) is 3.88. The van der Waals surface area contributed by atoms with Gasteiger partial charge in [-0.2, -0.15) is 0 Å². The minimum atomic E-state index is 0. The van der Waals surface area contributed by atoms with Crippen LogP contribution in [0.1, 0.15) is 39.0 Å². The maximum absolute atomic E-state index is 11.9. The van der Waals surface area contributed by atoms with Gasteiger partial charge in [0.25, 0.3) is 0 Å². The summed E-state index contributed by atoms with van der Waals surface area (Å²) in [5.74, 6) is 0.880. The van der Waals surface area contributed by atoms with Crippen LogP contribution in [-0.4, -0.2) is 25.1 Å². The van der Waals surface area contributed by atoms with Crippen molar-refractivity contribution < 1.29 is 9.53 Å². The van der Waals surface area contributed by atoms with E-state index in [1.807, 2.05) is 24.3 Å². The maximum atomic E-state index is 11.9. The summed E-state index contributed by atoms with van der Waals surface area (Å²) in [4.78, 5) is 11.9. The Hall–Kier alpha value is -1.26. The molecule has 1 aromatic rings. The third-order valence-corrected chi connectivity index (χ3v) is 3.48. The molecule has 1 atom stereocenters. The molecule has 1 heterocycles. The molecule has 1 saturated heterocycles. The number of rotatable bonds is 7. The number of halogens is 1. The van der Waals surface area contributed by atoms with Crippen LogP contribution in [0.15, 0.2) is 24.3 Å². The van der Waals surface area contributed by atoms with Gasteiger partial charge < -0.3 is 15.4 Å². The van der Waals surface area contributed by atoms with Gasteiger partial charge in [-0.1, -0.05) is 19.4 Å². The molecule has 1 unspecified atom stereocenters. The standard InChI is InChI=1S/C16H24N2O2.ClH/c1-2-3-10-20-15-8-4-6-14(11-15)18-16(19)12-13-7-5-9-17-13;/h4,6,8,11,13,17H,2-3,5,7,9-10,12H2,1H3,(H,18,19);1H. The van der Waals surface area contributed by atoms with Gasteiger partial charge in [0.2, 0.25) is 5.91 Å². The zero-order valence-corrected chi connectivity index (χ0v) is 13.4. The van der Waals surface area contributed by atoms with E-state index < -0.39 is 0 Å². The number of carbonyl (C=O) groups is 1. The van der Waals surface area contributed by atoms with Crippen LogP contribution >= 0.6 is 12.4 Å². The highest BCUT2D eigenvalue weighted by atomic mass is 35.5. The summed E-state index contributed by atoms with van der Waals surface area (Å²) < 4.78 is 5.64. The smallest absolute Gasteiger partial charge is 0.225 e. The first-order chi connectivity index (χ1) is 9.78. The molecule has 0 saturated carbocycles. The quantitative estimate of drug-likeness (QED) is 0.759. The van der Waals surface area contributed by atoms with Crippen LogP contribution < -0.4 is 15.4 Å². The lowest BCUT2D eigenvalue weighted by Gasteiger charge is -2.11. The van der Waals surface area contributed by atoms with Crippen LogP contribution in [0.2, 0.25) is 0 Å². The van der Waals surface area contributed by atoms with E-state index >= 15 is 0 Å². The number of unbranched alkanes of at least 4 members (excludes halogenated alkanes) is 1. The molecule has 1 aliphatic rings. The van der Waals surface area contributed by atoms with E-state index in [1.54, 1.807) is 0 Å². The summed E-state index contributed by atoms with van der Waals surface area (Å²) in [6.07, 6.45) is 4.96. The van der Waals surface area contributed by atoms with Crippen LogP contribution in [0, 0.1) is 0 Å². The normalized spacial score (nSPS) is 17.1. The molecular formula is C16H25ClN2O2. The van der Waals surface area contributed by atoms with Crippen molar-refractivity contribution in [2.24, 2.45) is 0 Å². The fraction of sp³-hybridized carbons (Fsp3) is 0.562. The highest BCUT2D eigenvalue weighted by molar-refractivity contribution is 5.91. The molecule has 5 heteroatoms. The zero-order chi connectivity index (χ0) is 14.2. The third-order valence-electron chi connectivity index (χ3n) is 3.48. The van der Waals surface area contributed by atoms with E-state index in [1.165, 1.54) is 6.42 Å². The molecular weight excluding hydrogens is 288 g/mol. The summed E-state index contributed by atoms with van der Waals surface area (Å²) >= 11 is 0. The number of hydrogen-bond donors (Lipinski definition) is 2. The van der Waals surface area contributed by atoms with Crippen molar-refractivity contribution in [1.82, 2.24) is 5.32 Å². The second-order valence-corrected chi connectivity index (χ2v) is 5.28. The Labute approximate surface area is 133 Å². The molecule has 21 heavy (non-hydrogen) atoms. The Morgan fingerprint density at radius 1 is 1.48 bits per heavy atom. The lowest BCUT2D eigenvalue weighted by atomic mass is 10.1. The monoisotopic (exact) mass is 312 g/mol. The van der Waals surface area contributed by atoms with Crippen molar-refractivity contribution in [3.8, 4) is 5.75 Å². The van der Waals surface area contributed by atoms with Gasteiger partial charge in [-0.25, -0.2) is 0 Å². The number of anilines is 1. The highest BCUT2D eigenvalue weighted by Gasteiger charge is 2.17. The molecule has 0 aliphatic carbocycles. The fourth-order valence-corrected chi connectivity index (χ4v) is 2.36. The van der Waals surface area contributed by atoms with Crippen molar-refractivity contribution in [3.63, 3.8) is 0 Å². The second-order valence-electron chi connectivity index (χ2n) is 5.28. The Bertz CT molecular complexity index is 434. The average Bonchev–Trinajstić information content (AvgIpc) is 2.92. The van der Waals surface area contributed by atoms with Gasteiger partial charge >= 0.3 is 0 Å². The number of ether oxygens (including phenoxy) is 1. The first-order valence-electron chi connectivity index (χ1n) is 7.54. The Balaban J connectivity index is 0.00000220. The Kier molecular flexibility index (Phi) is 8.16. The molecule has 2 N–H and O–H groups in total. The minimum absolute atomic E-state index is 0. The van der Waals surface area contributed by atoms with Gasteiger partial charge in [-0.15, -0.1) is 12.4 Å². The lowest BCUT2D eigenvalue weighted by molar-refractivity contribution is -0.116. The summed E-state index contributed by atoms with van der Waals surface area (Å²) in [7, 11) is 0. The first-order valence-corrected chi connectivity index (χ1v) is 7.54. The van der Waals surface area contributed by atoms with Gasteiger partial charge in [0.05, 0.1) is 6.61 Å². The van der Waals surface area contributed by atoms with Gasteiger partial charge in [0.15, 0.2) is 0 Å². The summed E-state index contributed by atoms with van der Waals surface area (Å²) in [5.41, 5.74) is 0.807. The van der Waals surface area contributed by atoms with Gasteiger partial charge in [0, 0.05) is 24.2 Å². The van der Waals surface area contributed by atoms with Crippen LogP contribution in [0.4, 0.5) is 5.69 Å². The largest absolute Gasteiger partial charge is 0.494 e. The molecule has 4 nitrogen and oxygen atoms in total. The van der Waals surface area contributed by atoms with E-state index in [0.29, 0.717) is 12.5 Å². The Morgan fingerprint density at radius 3 is 3.05 bits per heavy atom. The molecule has 0 spiro atoms. The van der Waals surface area contributed by atoms with Gasteiger partial charge in [-0.3, -0.25) is 4.79 Å². The number of benzene rings is 1. The SMILES string of the molecule is CCCCOc1cccc(NC(=O)CC2CCCN2)c1.Cl. The molecule has 1 fully saturated rings. The molecule has 0 bridgehead atoms. The van der Waals surface area contributed by atoms with Crippen LogP contribution in [-0.2, 0) is 4.79 Å². The predicted molar refractivity (Wildman–Crippen MR) is 88.4 cm³/mol. The predicted octanol–water partition coefficient (Wildman–Crippen LogP) is 3.37. The van der Waals surface area contributed by atoms with E-state index in [4.69, 9.17) is 4.74 Å². The van der Waals surface area contributed by atoms with Crippen molar-refractivity contribution in [2.75, 3.05) is 18.5 Å². The highest BCUT2D eigenvalue weighted by Crippen LogP contribution is 2.18. The lowest BCUT2D eigenvalue weighted by Crippen LogP contribution is -2.27. The topological polar surface area (TPSA) is 50.4 Å². The fourth-order valence-electron chi connectivity index (χ4n) is 2.36. The molecule has 1 aliphatic heterocycles. The molecule has 0 radical (unpaired) electrons. The molecule has 2 rings (SSSR count). The van der Waals surface area contributed by atoms with E-state index in [-0.39, 0.29) is 18.3 Å². The van der Waals surface area contributed by atoms with Crippen molar-refractivity contribution in [2.45, 2.75) is 45.1 Å². The zero-order valence-electron chi connectivity index (χ0n) is 12.6. The van der Waals surface area contributed by atoms with Gasteiger partial charge in [-0.05, 0) is 37.9 Å². The minimum Gasteiger partial charge on any atom is -0.494 e. The molecule has 1 aromatic carbocycles. The van der Waals surface area contributed by atoms with Gasteiger partial charge in [0.1, 0.15) is 5.75 Å². The van der Waals surface area contributed by atoms with Crippen molar-refractivity contribution in [1.29, 1.82) is 0 Å². The van der Waals surface area contributed by atoms with Crippen LogP contribution in [0.5, 0.6) is 5.75 Å². The average molecular weight is 313 g/mol. The Morgan fingerprint density at radius 2 is 2.33 bits per heavy atom. The molecule has 118 valence electrons. The van der Waals surface area contributed by atoms with Crippen LogP contribution in [0.3, 0.4) is 0 Å². The number of nitrogens with one attached hydrogen (secondary N) is 2.